The van der Waals surface area contributed by atoms with Crippen molar-refractivity contribution in [1.82, 2.24) is 5.32 Å². The fourth-order valence-corrected chi connectivity index (χ4v) is 3.02. The lowest BCUT2D eigenvalue weighted by atomic mass is 10.1. The molecule has 0 aliphatic rings. The molecule has 0 heterocycles. The molecule has 0 bridgehead atoms. The van der Waals surface area contributed by atoms with Crippen molar-refractivity contribution in [3.63, 3.8) is 0 Å². The van der Waals surface area contributed by atoms with Crippen molar-refractivity contribution >= 4 is 11.9 Å². The predicted molar refractivity (Wildman–Crippen MR) is 142 cm³/mol. The third-order valence-corrected chi connectivity index (χ3v) is 4.82. The number of hydrogen-bond donors (Lipinski definition) is 2. The van der Waals surface area contributed by atoms with Crippen molar-refractivity contribution in [1.29, 1.82) is 0 Å². The molecule has 0 aromatic heterocycles. The summed E-state index contributed by atoms with van der Waals surface area (Å²) in [5, 5.41) is 11.9. The van der Waals surface area contributed by atoms with E-state index in [-0.39, 0.29) is 12.3 Å². The van der Waals surface area contributed by atoms with E-state index in [0.717, 1.165) is 38.5 Å². The highest BCUT2D eigenvalue weighted by molar-refractivity contribution is 5.84. The summed E-state index contributed by atoms with van der Waals surface area (Å²) in [5.74, 6) is -1.33. The van der Waals surface area contributed by atoms with Crippen LogP contribution in [0.3, 0.4) is 0 Å². The second-order valence-electron chi connectivity index (χ2n) is 7.70. The Kier molecular flexibility index (Phi) is 17.0. The van der Waals surface area contributed by atoms with Crippen LogP contribution in [0.25, 0.3) is 0 Å². The van der Waals surface area contributed by atoms with Gasteiger partial charge in [0.05, 0.1) is 0 Å². The molecule has 2 N–H and O–H groups in total. The van der Waals surface area contributed by atoms with Crippen molar-refractivity contribution in [2.45, 2.75) is 64.3 Å². The monoisotopic (exact) mass is 461 g/mol. The Labute approximate surface area is 205 Å². The quantitative estimate of drug-likeness (QED) is 0.237. The topological polar surface area (TPSA) is 66.4 Å². The normalized spacial score (nSPS) is 13.3. The highest BCUT2D eigenvalue weighted by Gasteiger charge is 2.21. The van der Waals surface area contributed by atoms with Crippen LogP contribution in [0.2, 0.25) is 0 Å². The van der Waals surface area contributed by atoms with Gasteiger partial charge in [-0.15, -0.1) is 0 Å². The van der Waals surface area contributed by atoms with Crippen LogP contribution in [0.4, 0.5) is 0 Å². The molecule has 0 spiro atoms. The molecule has 1 amide bonds. The molecule has 0 fully saturated rings. The van der Waals surface area contributed by atoms with E-state index in [1.54, 1.807) is 24.3 Å². The maximum atomic E-state index is 12.1. The first kappa shape index (κ1) is 28.6. The number of rotatable bonds is 17. The Morgan fingerprint density at radius 2 is 1.18 bits per heavy atom. The number of amides is 1. The average molecular weight is 462 g/mol. The van der Waals surface area contributed by atoms with Crippen molar-refractivity contribution in [3.8, 4) is 0 Å². The third-order valence-electron chi connectivity index (χ3n) is 4.82. The summed E-state index contributed by atoms with van der Waals surface area (Å²) in [4.78, 5) is 23.5. The van der Waals surface area contributed by atoms with E-state index in [9.17, 15) is 14.7 Å². The zero-order valence-electron chi connectivity index (χ0n) is 20.3. The lowest BCUT2D eigenvalue weighted by molar-refractivity contribution is -0.142. The number of carboxylic acids is 1. The van der Waals surface area contributed by atoms with E-state index in [0.29, 0.717) is 12.0 Å². The highest BCUT2D eigenvalue weighted by Crippen LogP contribution is 2.13. The molecule has 182 valence electrons. The van der Waals surface area contributed by atoms with Crippen LogP contribution in [0.15, 0.2) is 103 Å². The van der Waals surface area contributed by atoms with Crippen LogP contribution in [-0.4, -0.2) is 17.0 Å². The zero-order valence-corrected chi connectivity index (χ0v) is 20.3. The number of carbonyl (C=O) groups excluding carboxylic acids is 1. The van der Waals surface area contributed by atoms with Gasteiger partial charge in [0.2, 0.25) is 5.91 Å². The number of aliphatic carboxylic acids is 1. The summed E-state index contributed by atoms with van der Waals surface area (Å²) in [6.45, 7) is 2.14. The highest BCUT2D eigenvalue weighted by atomic mass is 16.4. The molecule has 0 radical (unpaired) electrons. The van der Waals surface area contributed by atoms with Crippen LogP contribution in [0.1, 0.15) is 69.9 Å². The van der Waals surface area contributed by atoms with Gasteiger partial charge in [-0.25, -0.2) is 4.79 Å². The maximum absolute atomic E-state index is 12.1. The molecular weight excluding hydrogens is 422 g/mol. The van der Waals surface area contributed by atoms with Gasteiger partial charge in [-0.2, -0.15) is 0 Å². The van der Waals surface area contributed by atoms with Crippen molar-refractivity contribution in [3.05, 3.63) is 109 Å². The number of carboxylic acid groups (broad SMARTS) is 1. The summed E-state index contributed by atoms with van der Waals surface area (Å²) in [6.07, 6.45) is 32.3. The van der Waals surface area contributed by atoms with Gasteiger partial charge >= 0.3 is 5.97 Å². The molecule has 4 heteroatoms. The van der Waals surface area contributed by atoms with Gasteiger partial charge in [0.15, 0.2) is 6.04 Å². The minimum atomic E-state index is -1.06. The van der Waals surface area contributed by atoms with E-state index >= 15 is 0 Å². The van der Waals surface area contributed by atoms with Gasteiger partial charge in [-0.1, -0.05) is 110 Å². The number of allylic oxidation sites excluding steroid dienone is 12. The van der Waals surface area contributed by atoms with E-state index in [1.165, 1.54) is 0 Å². The summed E-state index contributed by atoms with van der Waals surface area (Å²) < 4.78 is 0. The van der Waals surface area contributed by atoms with E-state index in [4.69, 9.17) is 0 Å². The Morgan fingerprint density at radius 1 is 0.735 bits per heavy atom. The molecule has 1 atom stereocenters. The van der Waals surface area contributed by atoms with E-state index in [1.807, 2.05) is 18.2 Å². The standard InChI is InChI=1S/C30H39NO3/c1-2-3-4-5-6-7-8-9-10-11-12-13-14-15-16-17-18-19-23-26-28(32)31-29(30(33)34)27-24-21-20-22-25-27/h3-4,6-7,9-10,12-13,15-16,18-22,24-25,29H,2,5,8,11,14,17,23,26H2,1H3,(H,31,32)(H,33,34). The van der Waals surface area contributed by atoms with Crippen molar-refractivity contribution in [2.75, 3.05) is 0 Å². The molecule has 0 saturated heterocycles. The number of carbonyl (C=O) groups is 2. The van der Waals surface area contributed by atoms with Gasteiger partial charge in [0.1, 0.15) is 0 Å². The van der Waals surface area contributed by atoms with Crippen LogP contribution >= 0.6 is 0 Å². The average Bonchev–Trinajstić information content (AvgIpc) is 2.84. The second-order valence-corrected chi connectivity index (χ2v) is 7.70. The molecule has 1 rings (SSSR count). The predicted octanol–water partition coefficient (Wildman–Crippen LogP) is 7.41. The fraction of sp³-hybridized carbons (Fsp3) is 0.333. The first-order valence-electron chi connectivity index (χ1n) is 12.1. The summed E-state index contributed by atoms with van der Waals surface area (Å²) in [6, 6.07) is 7.71. The molecule has 1 aromatic rings. The van der Waals surface area contributed by atoms with Crippen molar-refractivity contribution < 1.29 is 14.7 Å². The van der Waals surface area contributed by atoms with Crippen LogP contribution < -0.4 is 5.32 Å². The summed E-state index contributed by atoms with van der Waals surface area (Å²) >= 11 is 0. The molecule has 0 aliphatic heterocycles. The Balaban J connectivity index is 2.11. The molecule has 4 nitrogen and oxygen atoms in total. The smallest absolute Gasteiger partial charge is 0.330 e. The largest absolute Gasteiger partial charge is 0.479 e. The minimum absolute atomic E-state index is 0.263. The van der Waals surface area contributed by atoms with Crippen LogP contribution in [0.5, 0.6) is 0 Å². The summed E-state index contributed by atoms with van der Waals surface area (Å²) in [5.41, 5.74) is 0.567. The van der Waals surface area contributed by atoms with Gasteiger partial charge in [0.25, 0.3) is 0 Å². The lowest BCUT2D eigenvalue weighted by Gasteiger charge is -2.14. The molecule has 0 saturated carbocycles. The first-order valence-corrected chi connectivity index (χ1v) is 12.1. The Morgan fingerprint density at radius 3 is 1.62 bits per heavy atom. The van der Waals surface area contributed by atoms with Gasteiger partial charge in [0, 0.05) is 6.42 Å². The number of hydrogen-bond acceptors (Lipinski definition) is 2. The maximum Gasteiger partial charge on any atom is 0.330 e. The van der Waals surface area contributed by atoms with E-state index in [2.05, 4.69) is 73.0 Å². The third kappa shape index (κ3) is 15.4. The summed E-state index contributed by atoms with van der Waals surface area (Å²) in [7, 11) is 0. The van der Waals surface area contributed by atoms with Crippen molar-refractivity contribution in [2.24, 2.45) is 0 Å². The molecule has 34 heavy (non-hydrogen) atoms. The zero-order chi connectivity index (χ0) is 24.7. The van der Waals surface area contributed by atoms with Gasteiger partial charge < -0.3 is 10.4 Å². The SMILES string of the molecule is CCC=CCC=CCC=CCC=CCC=CCC=CCCC(=O)NC(C(=O)O)c1ccccc1. The molecule has 0 aliphatic carbocycles. The van der Waals surface area contributed by atoms with Crippen LogP contribution in [-0.2, 0) is 9.59 Å². The second kappa shape index (κ2) is 20.2. The number of nitrogens with one attached hydrogen (secondary N) is 1. The van der Waals surface area contributed by atoms with Gasteiger partial charge in [-0.05, 0) is 50.5 Å². The molecule has 1 unspecified atom stereocenters. The molecule has 1 aromatic carbocycles. The molecular formula is C30H39NO3. The van der Waals surface area contributed by atoms with E-state index < -0.39 is 12.0 Å². The minimum Gasteiger partial charge on any atom is -0.479 e. The fourth-order valence-electron chi connectivity index (χ4n) is 3.02. The lowest BCUT2D eigenvalue weighted by Crippen LogP contribution is -2.33. The Hall–Kier alpha value is -3.40. The number of benzene rings is 1. The Bertz CT molecular complexity index is 860. The van der Waals surface area contributed by atoms with Gasteiger partial charge in [-0.3, -0.25) is 4.79 Å². The van der Waals surface area contributed by atoms with Crippen LogP contribution in [0, 0.1) is 0 Å². The first-order chi connectivity index (χ1) is 16.6.